The molecule has 0 atom stereocenters. The van der Waals surface area contributed by atoms with Crippen molar-refractivity contribution in [1.29, 1.82) is 5.26 Å². The van der Waals surface area contributed by atoms with Gasteiger partial charge in [-0.2, -0.15) is 5.26 Å². The van der Waals surface area contributed by atoms with Gasteiger partial charge in [-0.3, -0.25) is 4.79 Å². The van der Waals surface area contributed by atoms with Crippen LogP contribution in [0.25, 0.3) is 6.08 Å². The first kappa shape index (κ1) is 24.6. The number of hydrogen-bond acceptors (Lipinski definition) is 6. The van der Waals surface area contributed by atoms with Gasteiger partial charge in [0.25, 0.3) is 5.91 Å². The molecule has 8 heteroatoms. The summed E-state index contributed by atoms with van der Waals surface area (Å²) in [6.07, 6.45) is 6.73. The van der Waals surface area contributed by atoms with Crippen LogP contribution in [0.5, 0.6) is 23.0 Å². The highest BCUT2D eigenvalue weighted by atomic mass is 79.9. The van der Waals surface area contributed by atoms with Gasteiger partial charge in [-0.15, -0.1) is 6.42 Å². The number of hydrogen-bond donors (Lipinski definition) is 1. The second kappa shape index (κ2) is 12.3. The van der Waals surface area contributed by atoms with Crippen LogP contribution in [0.15, 0.2) is 40.4 Å². The van der Waals surface area contributed by atoms with Gasteiger partial charge in [-0.25, -0.2) is 0 Å². The summed E-state index contributed by atoms with van der Waals surface area (Å²) in [6, 6.07) is 10.6. The minimum Gasteiger partial charge on any atom is -0.497 e. The lowest BCUT2D eigenvalue weighted by Gasteiger charge is -2.13. The molecule has 0 fully saturated rings. The molecule has 0 saturated heterocycles. The van der Waals surface area contributed by atoms with Crippen molar-refractivity contribution in [3.8, 4) is 41.4 Å². The fourth-order valence-corrected chi connectivity index (χ4v) is 3.17. The van der Waals surface area contributed by atoms with E-state index in [4.69, 9.17) is 25.4 Å². The summed E-state index contributed by atoms with van der Waals surface area (Å²) in [5, 5.41) is 12.3. The maximum Gasteiger partial charge on any atom is 0.262 e. The molecule has 0 aliphatic heterocycles. The van der Waals surface area contributed by atoms with E-state index >= 15 is 0 Å². The molecular weight excluding hydrogens is 476 g/mol. The van der Waals surface area contributed by atoms with E-state index in [1.165, 1.54) is 13.2 Å². The van der Waals surface area contributed by atoms with Crippen LogP contribution in [0.3, 0.4) is 0 Å². The molecule has 0 aromatic heterocycles. The molecule has 2 aromatic rings. The maximum absolute atomic E-state index is 12.6. The minimum atomic E-state index is -0.525. The Morgan fingerprint density at radius 1 is 1.16 bits per heavy atom. The van der Waals surface area contributed by atoms with Crippen LogP contribution < -0.4 is 24.3 Å². The molecular formula is C24H23BrN2O5. The van der Waals surface area contributed by atoms with Gasteiger partial charge >= 0.3 is 0 Å². The third-order valence-electron chi connectivity index (χ3n) is 4.27. The first-order valence-electron chi connectivity index (χ1n) is 9.60. The number of nitrogens with zero attached hydrogens (tertiary/aromatic N) is 1. The van der Waals surface area contributed by atoms with Crippen molar-refractivity contribution in [3.05, 3.63) is 51.5 Å². The number of benzene rings is 2. The monoisotopic (exact) mass is 498 g/mol. The Bertz CT molecular complexity index is 1080. The zero-order chi connectivity index (χ0) is 23.5. The zero-order valence-corrected chi connectivity index (χ0v) is 19.6. The Balaban J connectivity index is 2.25. The first-order chi connectivity index (χ1) is 15.5. The van der Waals surface area contributed by atoms with E-state index in [9.17, 15) is 10.1 Å². The third-order valence-corrected chi connectivity index (χ3v) is 4.96. The normalized spacial score (nSPS) is 10.5. The van der Waals surface area contributed by atoms with Gasteiger partial charge in [-0.1, -0.05) is 21.9 Å². The van der Waals surface area contributed by atoms with Gasteiger partial charge in [0.2, 0.25) is 0 Å². The minimum absolute atomic E-state index is 0.0714. The first-order valence-corrected chi connectivity index (χ1v) is 10.4. The molecule has 0 saturated carbocycles. The van der Waals surface area contributed by atoms with E-state index in [1.807, 2.05) is 13.0 Å². The number of nitriles is 1. The molecule has 0 aliphatic rings. The van der Waals surface area contributed by atoms with Crippen LogP contribution in [-0.2, 0) is 11.3 Å². The number of carbonyl (C=O) groups is 1. The Hall–Kier alpha value is -3.62. The molecule has 166 valence electrons. The predicted molar refractivity (Wildman–Crippen MR) is 125 cm³/mol. The van der Waals surface area contributed by atoms with Crippen molar-refractivity contribution in [1.82, 2.24) is 5.32 Å². The lowest BCUT2D eigenvalue weighted by atomic mass is 10.1. The highest BCUT2D eigenvalue weighted by Crippen LogP contribution is 2.35. The average Bonchev–Trinajstić information content (AvgIpc) is 2.81. The van der Waals surface area contributed by atoms with Gasteiger partial charge in [0.1, 0.15) is 29.7 Å². The Kier molecular flexibility index (Phi) is 9.46. The number of amides is 1. The summed E-state index contributed by atoms with van der Waals surface area (Å²) in [6.45, 7) is 2.51. The maximum atomic E-state index is 12.6. The molecule has 0 spiro atoms. The molecule has 1 amide bonds. The highest BCUT2D eigenvalue weighted by molar-refractivity contribution is 9.10. The molecule has 2 aromatic carbocycles. The fourth-order valence-electron chi connectivity index (χ4n) is 2.73. The van der Waals surface area contributed by atoms with Crippen LogP contribution in [0.4, 0.5) is 0 Å². The van der Waals surface area contributed by atoms with E-state index in [0.29, 0.717) is 39.6 Å². The highest BCUT2D eigenvalue weighted by Gasteiger charge is 2.15. The lowest BCUT2D eigenvalue weighted by molar-refractivity contribution is -0.117. The van der Waals surface area contributed by atoms with Crippen molar-refractivity contribution in [2.45, 2.75) is 13.5 Å². The van der Waals surface area contributed by atoms with Gasteiger partial charge in [0.15, 0.2) is 11.5 Å². The molecule has 2 rings (SSSR count). The second-order valence-corrected chi connectivity index (χ2v) is 7.13. The van der Waals surface area contributed by atoms with Crippen LogP contribution in [0.2, 0.25) is 0 Å². The number of terminal acetylenes is 1. The van der Waals surface area contributed by atoms with E-state index in [2.05, 4.69) is 27.2 Å². The Labute approximate surface area is 196 Å². The standard InChI is InChI=1S/C24H23BrN2O5/c1-5-9-32-23-13-20(25)17(11-22(23)31-6-2)10-18(14-26)24(28)27-15-16-7-8-19(29-3)12-21(16)30-4/h1,7-8,10-13H,6,9,15H2,2-4H3,(H,27,28)/b18-10+. The Morgan fingerprint density at radius 2 is 1.91 bits per heavy atom. The number of carbonyl (C=O) groups excluding carboxylic acids is 1. The molecule has 1 N–H and O–H groups in total. The molecule has 32 heavy (non-hydrogen) atoms. The summed E-state index contributed by atoms with van der Waals surface area (Å²) in [5.74, 6) is 4.00. The third kappa shape index (κ3) is 6.44. The van der Waals surface area contributed by atoms with Gasteiger partial charge in [-0.05, 0) is 42.8 Å². The van der Waals surface area contributed by atoms with Crippen LogP contribution in [-0.4, -0.2) is 33.3 Å². The van der Waals surface area contributed by atoms with Crippen molar-refractivity contribution < 1.29 is 23.7 Å². The fraction of sp³-hybridized carbons (Fsp3) is 0.250. The SMILES string of the molecule is C#CCOc1cc(Br)c(/C=C(\C#N)C(=O)NCc2ccc(OC)cc2OC)cc1OCC. The summed E-state index contributed by atoms with van der Waals surface area (Å²) in [4.78, 5) is 12.6. The van der Waals surface area contributed by atoms with Gasteiger partial charge < -0.3 is 24.3 Å². The molecule has 0 aliphatic carbocycles. The van der Waals surface area contributed by atoms with E-state index in [1.54, 1.807) is 37.4 Å². The van der Waals surface area contributed by atoms with Crippen LogP contribution in [0, 0.1) is 23.7 Å². The number of rotatable bonds is 10. The average molecular weight is 499 g/mol. The smallest absolute Gasteiger partial charge is 0.262 e. The quantitative estimate of drug-likeness (QED) is 0.301. The van der Waals surface area contributed by atoms with E-state index < -0.39 is 5.91 Å². The summed E-state index contributed by atoms with van der Waals surface area (Å²) < 4.78 is 22.2. The Morgan fingerprint density at radius 3 is 2.53 bits per heavy atom. The summed E-state index contributed by atoms with van der Waals surface area (Å²) in [5.41, 5.74) is 1.25. The number of methoxy groups -OCH3 is 2. The van der Waals surface area contributed by atoms with E-state index in [-0.39, 0.29) is 18.7 Å². The van der Waals surface area contributed by atoms with Gasteiger partial charge in [0, 0.05) is 22.6 Å². The van der Waals surface area contributed by atoms with Crippen LogP contribution in [0.1, 0.15) is 18.1 Å². The second-order valence-electron chi connectivity index (χ2n) is 6.28. The number of halogens is 1. The van der Waals surface area contributed by atoms with Crippen molar-refractivity contribution >= 4 is 27.9 Å². The van der Waals surface area contributed by atoms with Crippen molar-refractivity contribution in [2.75, 3.05) is 27.4 Å². The molecule has 0 heterocycles. The molecule has 0 bridgehead atoms. The number of nitrogens with one attached hydrogen (secondary N) is 1. The summed E-state index contributed by atoms with van der Waals surface area (Å²) >= 11 is 3.44. The summed E-state index contributed by atoms with van der Waals surface area (Å²) in [7, 11) is 3.09. The van der Waals surface area contributed by atoms with Crippen LogP contribution >= 0.6 is 15.9 Å². The molecule has 0 unspecified atom stereocenters. The van der Waals surface area contributed by atoms with Gasteiger partial charge in [0.05, 0.1) is 20.8 Å². The van der Waals surface area contributed by atoms with Crippen molar-refractivity contribution in [2.24, 2.45) is 0 Å². The molecule has 7 nitrogen and oxygen atoms in total. The zero-order valence-electron chi connectivity index (χ0n) is 18.0. The van der Waals surface area contributed by atoms with Crippen molar-refractivity contribution in [3.63, 3.8) is 0 Å². The lowest BCUT2D eigenvalue weighted by Crippen LogP contribution is -2.24. The predicted octanol–water partition coefficient (Wildman–Crippen LogP) is 4.10. The largest absolute Gasteiger partial charge is 0.497 e. The molecule has 0 radical (unpaired) electrons. The number of ether oxygens (including phenoxy) is 4. The topological polar surface area (TPSA) is 89.8 Å². The van der Waals surface area contributed by atoms with E-state index in [0.717, 1.165) is 5.56 Å².